The molecule has 1 fully saturated rings. The van der Waals surface area contributed by atoms with Gasteiger partial charge in [0.05, 0.1) is 11.8 Å². The van der Waals surface area contributed by atoms with Gasteiger partial charge in [-0.25, -0.2) is 0 Å². The predicted octanol–water partition coefficient (Wildman–Crippen LogP) is 4.43. The molecule has 0 bridgehead atoms. The van der Waals surface area contributed by atoms with Crippen molar-refractivity contribution >= 4 is 28.4 Å². The van der Waals surface area contributed by atoms with E-state index < -0.39 is 17.7 Å². The van der Waals surface area contributed by atoms with Crippen LogP contribution in [0.1, 0.15) is 22.9 Å². The highest BCUT2D eigenvalue weighted by Gasteiger charge is 2.47. The molecule has 2 N–H and O–H groups in total. The molecule has 1 atom stereocenters. The van der Waals surface area contributed by atoms with E-state index in [4.69, 9.17) is 4.42 Å². The van der Waals surface area contributed by atoms with Crippen molar-refractivity contribution < 1.29 is 19.1 Å². The maximum atomic E-state index is 13.0. The number of nitrogens with zero attached hydrogens (tertiary/aromatic N) is 1. The van der Waals surface area contributed by atoms with Crippen LogP contribution in [0, 0.1) is 0 Å². The lowest BCUT2D eigenvalue weighted by Crippen LogP contribution is -2.31. The highest BCUT2D eigenvalue weighted by molar-refractivity contribution is 6.46. The standard InChI is InChI=1S/C25H20N2O4/c28-23(16-7-2-1-3-8-16)21-22(20-11-6-14-31-20)27(25(30)24(21)29)13-12-17-15-26-19-10-5-4-9-18(17)19/h1-11,14-15,22,26,28H,12-13H2/b23-21-. The fourth-order valence-corrected chi connectivity index (χ4v) is 4.18. The van der Waals surface area contributed by atoms with Gasteiger partial charge in [0.25, 0.3) is 11.7 Å². The van der Waals surface area contributed by atoms with Gasteiger partial charge < -0.3 is 19.4 Å². The zero-order chi connectivity index (χ0) is 21.4. The monoisotopic (exact) mass is 412 g/mol. The number of Topliss-reactive ketones (excluding diaryl/α,β-unsaturated/α-hetero) is 1. The second-order valence-corrected chi connectivity index (χ2v) is 7.48. The van der Waals surface area contributed by atoms with Gasteiger partial charge in [0.2, 0.25) is 0 Å². The third-order valence-electron chi connectivity index (χ3n) is 5.70. The number of benzene rings is 2. The topological polar surface area (TPSA) is 86.5 Å². The summed E-state index contributed by atoms with van der Waals surface area (Å²) in [7, 11) is 0. The SMILES string of the molecule is O=C1C(=O)N(CCc2c[nH]c3ccccc23)C(c2ccco2)/C1=C(/O)c1ccccc1. The summed E-state index contributed by atoms with van der Waals surface area (Å²) in [5.74, 6) is -1.11. The van der Waals surface area contributed by atoms with E-state index in [0.29, 0.717) is 24.3 Å². The van der Waals surface area contributed by atoms with Crippen molar-refractivity contribution in [2.45, 2.75) is 12.5 Å². The van der Waals surface area contributed by atoms with Crippen molar-refractivity contribution in [3.05, 3.63) is 102 Å². The Balaban J connectivity index is 1.53. The number of carbonyl (C=O) groups is 2. The van der Waals surface area contributed by atoms with Crippen molar-refractivity contribution in [3.63, 3.8) is 0 Å². The van der Waals surface area contributed by atoms with Gasteiger partial charge in [0.1, 0.15) is 17.6 Å². The lowest BCUT2D eigenvalue weighted by Gasteiger charge is -2.23. The number of aliphatic hydroxyl groups is 1. The number of rotatable bonds is 5. The van der Waals surface area contributed by atoms with Gasteiger partial charge in [-0.2, -0.15) is 0 Å². The molecule has 31 heavy (non-hydrogen) atoms. The number of carbonyl (C=O) groups excluding carboxylic acids is 2. The van der Waals surface area contributed by atoms with E-state index in [1.165, 1.54) is 11.2 Å². The molecule has 1 amide bonds. The Kier molecular flexibility index (Phi) is 4.67. The first-order chi connectivity index (χ1) is 15.1. The Morgan fingerprint density at radius 3 is 2.55 bits per heavy atom. The number of H-pyrrole nitrogens is 1. The van der Waals surface area contributed by atoms with Crippen molar-refractivity contribution in [2.75, 3.05) is 6.54 Å². The number of para-hydroxylation sites is 1. The molecule has 0 aliphatic carbocycles. The quantitative estimate of drug-likeness (QED) is 0.289. The summed E-state index contributed by atoms with van der Waals surface area (Å²) >= 11 is 0. The van der Waals surface area contributed by atoms with Crippen LogP contribution in [0.5, 0.6) is 0 Å². The lowest BCUT2D eigenvalue weighted by atomic mass is 9.99. The average Bonchev–Trinajstić information content (AvgIpc) is 3.53. The molecule has 5 rings (SSSR count). The molecular formula is C25H20N2O4. The summed E-state index contributed by atoms with van der Waals surface area (Å²) in [6.07, 6.45) is 3.98. The highest BCUT2D eigenvalue weighted by atomic mass is 16.3. The number of amides is 1. The van der Waals surface area contributed by atoms with Crippen LogP contribution in [-0.4, -0.2) is 33.2 Å². The van der Waals surface area contributed by atoms with E-state index in [1.54, 1.807) is 36.4 Å². The molecule has 154 valence electrons. The Hall–Kier alpha value is -4.06. The van der Waals surface area contributed by atoms with Gasteiger partial charge in [-0.15, -0.1) is 0 Å². The van der Waals surface area contributed by atoms with Crippen LogP contribution < -0.4 is 0 Å². The first kappa shape index (κ1) is 18.9. The van der Waals surface area contributed by atoms with Crippen molar-refractivity contribution in [3.8, 4) is 0 Å². The summed E-state index contributed by atoms with van der Waals surface area (Å²) in [4.78, 5) is 30.6. The third-order valence-corrected chi connectivity index (χ3v) is 5.70. The molecule has 0 spiro atoms. The number of aliphatic hydroxyl groups excluding tert-OH is 1. The normalized spacial score (nSPS) is 18.2. The second-order valence-electron chi connectivity index (χ2n) is 7.48. The lowest BCUT2D eigenvalue weighted by molar-refractivity contribution is -0.140. The number of ketones is 1. The molecular weight excluding hydrogens is 392 g/mol. The number of aromatic nitrogens is 1. The Morgan fingerprint density at radius 2 is 1.77 bits per heavy atom. The Labute approximate surface area is 178 Å². The van der Waals surface area contributed by atoms with E-state index in [1.807, 2.05) is 36.5 Å². The fraction of sp³-hybridized carbons (Fsp3) is 0.120. The smallest absolute Gasteiger partial charge is 0.295 e. The summed E-state index contributed by atoms with van der Waals surface area (Å²) in [6, 6.07) is 19.3. The number of likely N-dealkylation sites (tertiary alicyclic amines) is 1. The van der Waals surface area contributed by atoms with Crippen LogP contribution in [0.4, 0.5) is 0 Å². The minimum absolute atomic E-state index is 0.0464. The van der Waals surface area contributed by atoms with E-state index in [-0.39, 0.29) is 11.3 Å². The van der Waals surface area contributed by atoms with Crippen LogP contribution in [0.25, 0.3) is 16.7 Å². The first-order valence-corrected chi connectivity index (χ1v) is 10.1. The molecule has 2 aromatic carbocycles. The zero-order valence-electron chi connectivity index (χ0n) is 16.6. The van der Waals surface area contributed by atoms with Crippen LogP contribution in [0.2, 0.25) is 0 Å². The molecule has 1 aliphatic rings. The van der Waals surface area contributed by atoms with Gasteiger partial charge in [0, 0.05) is 29.2 Å². The summed E-state index contributed by atoms with van der Waals surface area (Å²) in [6.45, 7) is 0.309. The van der Waals surface area contributed by atoms with Gasteiger partial charge in [0.15, 0.2) is 0 Å². The van der Waals surface area contributed by atoms with Crippen LogP contribution in [0.15, 0.2) is 89.2 Å². The largest absolute Gasteiger partial charge is 0.507 e. The molecule has 6 heteroatoms. The van der Waals surface area contributed by atoms with Crippen molar-refractivity contribution in [2.24, 2.45) is 0 Å². The maximum Gasteiger partial charge on any atom is 0.295 e. The highest BCUT2D eigenvalue weighted by Crippen LogP contribution is 2.39. The number of hydrogen-bond donors (Lipinski definition) is 2. The predicted molar refractivity (Wildman–Crippen MR) is 116 cm³/mol. The Bertz CT molecular complexity index is 1290. The molecule has 1 unspecified atom stereocenters. The van der Waals surface area contributed by atoms with Gasteiger partial charge >= 0.3 is 0 Å². The second kappa shape index (κ2) is 7.65. The molecule has 6 nitrogen and oxygen atoms in total. The summed E-state index contributed by atoms with van der Waals surface area (Å²) < 4.78 is 5.57. The van der Waals surface area contributed by atoms with Crippen molar-refractivity contribution in [1.82, 2.24) is 9.88 Å². The molecule has 3 heterocycles. The number of hydrogen-bond acceptors (Lipinski definition) is 4. The molecule has 4 aromatic rings. The van der Waals surface area contributed by atoms with Crippen molar-refractivity contribution in [1.29, 1.82) is 0 Å². The van der Waals surface area contributed by atoms with Gasteiger partial charge in [-0.3, -0.25) is 9.59 Å². The number of nitrogens with one attached hydrogen (secondary N) is 1. The van der Waals surface area contributed by atoms with Gasteiger partial charge in [-0.05, 0) is 30.2 Å². The van der Waals surface area contributed by atoms with E-state index >= 15 is 0 Å². The fourth-order valence-electron chi connectivity index (χ4n) is 4.18. The molecule has 1 saturated heterocycles. The van der Waals surface area contributed by atoms with E-state index in [2.05, 4.69) is 4.98 Å². The van der Waals surface area contributed by atoms with Crippen LogP contribution >= 0.6 is 0 Å². The molecule has 2 aromatic heterocycles. The minimum atomic E-state index is -0.777. The number of furan rings is 1. The third kappa shape index (κ3) is 3.22. The number of fused-ring (bicyclic) bond motifs is 1. The van der Waals surface area contributed by atoms with Crippen LogP contribution in [-0.2, 0) is 16.0 Å². The number of aromatic amines is 1. The minimum Gasteiger partial charge on any atom is -0.507 e. The van der Waals surface area contributed by atoms with Crippen LogP contribution in [0.3, 0.4) is 0 Å². The first-order valence-electron chi connectivity index (χ1n) is 10.1. The zero-order valence-corrected chi connectivity index (χ0v) is 16.6. The van der Waals surface area contributed by atoms with Gasteiger partial charge in [-0.1, -0.05) is 48.5 Å². The molecule has 0 saturated carbocycles. The average molecular weight is 412 g/mol. The maximum absolute atomic E-state index is 13.0. The summed E-state index contributed by atoms with van der Waals surface area (Å²) in [5, 5.41) is 12.0. The molecule has 0 radical (unpaired) electrons. The summed E-state index contributed by atoms with van der Waals surface area (Å²) in [5.41, 5.74) is 2.60. The van der Waals surface area contributed by atoms with E-state index in [0.717, 1.165) is 16.5 Å². The Morgan fingerprint density at radius 1 is 1.00 bits per heavy atom. The van der Waals surface area contributed by atoms with E-state index in [9.17, 15) is 14.7 Å². The molecule has 1 aliphatic heterocycles.